The molecule has 6 heteroatoms. The van der Waals surface area contributed by atoms with Gasteiger partial charge in [0, 0.05) is 13.1 Å². The summed E-state index contributed by atoms with van der Waals surface area (Å²) >= 11 is 3.23. The van der Waals surface area contributed by atoms with Crippen molar-refractivity contribution >= 4 is 35.0 Å². The van der Waals surface area contributed by atoms with Gasteiger partial charge in [-0.1, -0.05) is 6.07 Å². The second kappa shape index (κ2) is 7.69. The van der Waals surface area contributed by atoms with E-state index in [1.807, 2.05) is 29.3 Å². The largest absolute Gasteiger partial charge is 0.466 e. The molecule has 1 aromatic heterocycles. The van der Waals surface area contributed by atoms with Gasteiger partial charge in [-0.05, 0) is 31.2 Å². The normalized spacial score (nSPS) is 16.1. The summed E-state index contributed by atoms with van der Waals surface area (Å²) in [5.41, 5.74) is 0. The Balaban J connectivity index is 1.73. The maximum Gasteiger partial charge on any atom is 0.309 e. The highest BCUT2D eigenvalue weighted by atomic mass is 32.2. The Morgan fingerprint density at radius 3 is 2.80 bits per heavy atom. The van der Waals surface area contributed by atoms with E-state index >= 15 is 0 Å². The maximum atomic E-state index is 12.1. The number of thiophene rings is 1. The highest BCUT2D eigenvalue weighted by molar-refractivity contribution is 8.01. The van der Waals surface area contributed by atoms with Crippen LogP contribution in [0.3, 0.4) is 0 Å². The minimum Gasteiger partial charge on any atom is -0.466 e. The predicted molar refractivity (Wildman–Crippen MR) is 81.0 cm³/mol. The van der Waals surface area contributed by atoms with Crippen LogP contribution in [-0.4, -0.2) is 42.2 Å². The third-order valence-electron chi connectivity index (χ3n) is 3.30. The maximum absolute atomic E-state index is 12.1. The second-order valence-electron chi connectivity index (χ2n) is 4.63. The van der Waals surface area contributed by atoms with E-state index in [0.29, 0.717) is 38.3 Å². The molecule has 2 heterocycles. The van der Waals surface area contributed by atoms with E-state index in [4.69, 9.17) is 4.74 Å². The third kappa shape index (κ3) is 4.24. The van der Waals surface area contributed by atoms with Gasteiger partial charge in [-0.25, -0.2) is 0 Å². The first-order valence-corrected chi connectivity index (χ1v) is 8.68. The van der Waals surface area contributed by atoms with E-state index in [-0.39, 0.29) is 17.8 Å². The molecule has 0 unspecified atom stereocenters. The fourth-order valence-electron chi connectivity index (χ4n) is 2.19. The molecule has 0 saturated carbocycles. The van der Waals surface area contributed by atoms with Gasteiger partial charge in [-0.2, -0.15) is 0 Å². The van der Waals surface area contributed by atoms with Crippen molar-refractivity contribution < 1.29 is 14.3 Å². The van der Waals surface area contributed by atoms with Gasteiger partial charge in [-0.15, -0.1) is 23.1 Å². The quantitative estimate of drug-likeness (QED) is 0.619. The average Bonchev–Trinajstić information content (AvgIpc) is 2.98. The van der Waals surface area contributed by atoms with Gasteiger partial charge >= 0.3 is 5.97 Å². The lowest BCUT2D eigenvalue weighted by Crippen LogP contribution is -2.41. The molecular weight excluding hydrogens is 294 g/mol. The van der Waals surface area contributed by atoms with E-state index in [9.17, 15) is 9.59 Å². The number of esters is 1. The summed E-state index contributed by atoms with van der Waals surface area (Å²) in [7, 11) is 0. The number of rotatable bonds is 5. The Hall–Kier alpha value is -1.01. The molecule has 2 rings (SSSR count). The molecule has 0 bridgehead atoms. The number of nitrogens with zero attached hydrogens (tertiary/aromatic N) is 1. The molecule has 1 aliphatic heterocycles. The molecule has 1 saturated heterocycles. The van der Waals surface area contributed by atoms with Crippen LogP contribution in [0.1, 0.15) is 19.8 Å². The molecule has 1 aromatic rings. The van der Waals surface area contributed by atoms with E-state index < -0.39 is 0 Å². The van der Waals surface area contributed by atoms with Crippen LogP contribution >= 0.6 is 23.1 Å². The number of carbonyl (C=O) groups is 2. The Labute approximate surface area is 127 Å². The van der Waals surface area contributed by atoms with Crippen molar-refractivity contribution in [2.75, 3.05) is 25.4 Å². The minimum absolute atomic E-state index is 0.0380. The van der Waals surface area contributed by atoms with Crippen molar-refractivity contribution in [1.29, 1.82) is 0 Å². The first-order valence-electron chi connectivity index (χ1n) is 6.81. The van der Waals surface area contributed by atoms with E-state index in [1.165, 1.54) is 4.21 Å². The summed E-state index contributed by atoms with van der Waals surface area (Å²) < 4.78 is 6.19. The van der Waals surface area contributed by atoms with Crippen LogP contribution in [0.4, 0.5) is 0 Å². The molecule has 0 aliphatic carbocycles. The highest BCUT2D eigenvalue weighted by Gasteiger charge is 2.27. The Bertz CT molecular complexity index is 439. The molecule has 4 nitrogen and oxygen atoms in total. The topological polar surface area (TPSA) is 46.6 Å². The molecular formula is C14H19NO3S2. The van der Waals surface area contributed by atoms with Crippen LogP contribution in [-0.2, 0) is 14.3 Å². The number of carbonyl (C=O) groups excluding carboxylic acids is 2. The van der Waals surface area contributed by atoms with Gasteiger partial charge in [0.1, 0.15) is 0 Å². The van der Waals surface area contributed by atoms with Crippen molar-refractivity contribution in [2.45, 2.75) is 24.0 Å². The molecule has 20 heavy (non-hydrogen) atoms. The molecule has 0 aromatic carbocycles. The van der Waals surface area contributed by atoms with Crippen LogP contribution in [0.15, 0.2) is 21.7 Å². The molecule has 1 aliphatic rings. The van der Waals surface area contributed by atoms with Crippen molar-refractivity contribution in [3.8, 4) is 0 Å². The number of hydrogen-bond donors (Lipinski definition) is 0. The molecule has 0 radical (unpaired) electrons. The van der Waals surface area contributed by atoms with E-state index in [0.717, 1.165) is 0 Å². The first kappa shape index (κ1) is 15.4. The standard InChI is InChI=1S/C14H19NO3S2/c1-2-18-14(17)11-5-7-15(8-6-11)12(16)10-20-13-4-3-9-19-13/h3-4,9,11H,2,5-8,10H2,1H3. The Morgan fingerprint density at radius 2 is 2.20 bits per heavy atom. The summed E-state index contributed by atoms with van der Waals surface area (Å²) in [6.07, 6.45) is 1.43. The number of thioether (sulfide) groups is 1. The lowest BCUT2D eigenvalue weighted by molar-refractivity contribution is -0.151. The summed E-state index contributed by atoms with van der Waals surface area (Å²) in [5.74, 6) is 0.479. The summed E-state index contributed by atoms with van der Waals surface area (Å²) in [4.78, 5) is 25.6. The Kier molecular flexibility index (Phi) is 5.91. The molecule has 1 fully saturated rings. The van der Waals surface area contributed by atoms with Gasteiger partial charge in [-0.3, -0.25) is 9.59 Å². The molecule has 0 atom stereocenters. The summed E-state index contributed by atoms with van der Waals surface area (Å²) in [5, 5.41) is 2.01. The van der Waals surface area contributed by atoms with Gasteiger partial charge in [0.15, 0.2) is 0 Å². The zero-order valence-electron chi connectivity index (χ0n) is 11.5. The minimum atomic E-state index is -0.118. The van der Waals surface area contributed by atoms with E-state index in [1.54, 1.807) is 23.1 Å². The lowest BCUT2D eigenvalue weighted by atomic mass is 9.97. The van der Waals surface area contributed by atoms with Crippen LogP contribution in [0.25, 0.3) is 0 Å². The first-order chi connectivity index (χ1) is 9.70. The molecule has 0 spiro atoms. The predicted octanol–water partition coefficient (Wildman–Crippen LogP) is 2.64. The number of hydrogen-bond acceptors (Lipinski definition) is 5. The molecule has 1 amide bonds. The number of amides is 1. The average molecular weight is 313 g/mol. The van der Waals surface area contributed by atoms with Gasteiger partial charge in [0.05, 0.1) is 22.5 Å². The van der Waals surface area contributed by atoms with Crippen LogP contribution in [0.5, 0.6) is 0 Å². The SMILES string of the molecule is CCOC(=O)C1CCN(C(=O)CSc2cccs2)CC1. The smallest absolute Gasteiger partial charge is 0.309 e. The zero-order chi connectivity index (χ0) is 14.4. The lowest BCUT2D eigenvalue weighted by Gasteiger charge is -2.30. The van der Waals surface area contributed by atoms with Crippen LogP contribution < -0.4 is 0 Å². The Morgan fingerprint density at radius 1 is 1.45 bits per heavy atom. The van der Waals surface area contributed by atoms with Crippen molar-refractivity contribution in [1.82, 2.24) is 4.90 Å². The third-order valence-corrected chi connectivity index (χ3v) is 5.42. The fourth-order valence-corrected chi connectivity index (χ4v) is 3.88. The van der Waals surface area contributed by atoms with Crippen molar-refractivity contribution in [3.05, 3.63) is 17.5 Å². The number of ether oxygens (including phenoxy) is 1. The number of piperidine rings is 1. The second-order valence-corrected chi connectivity index (χ2v) is 6.85. The van der Waals surface area contributed by atoms with E-state index in [2.05, 4.69) is 0 Å². The number of likely N-dealkylation sites (tertiary alicyclic amines) is 1. The summed E-state index contributed by atoms with van der Waals surface area (Å²) in [6, 6.07) is 4.01. The zero-order valence-corrected chi connectivity index (χ0v) is 13.2. The van der Waals surface area contributed by atoms with Gasteiger partial charge in [0.25, 0.3) is 0 Å². The molecule has 110 valence electrons. The fraction of sp³-hybridized carbons (Fsp3) is 0.571. The monoisotopic (exact) mass is 313 g/mol. The van der Waals surface area contributed by atoms with Crippen LogP contribution in [0, 0.1) is 5.92 Å². The summed E-state index contributed by atoms with van der Waals surface area (Å²) in [6.45, 7) is 3.56. The van der Waals surface area contributed by atoms with Gasteiger partial charge < -0.3 is 9.64 Å². The van der Waals surface area contributed by atoms with Crippen molar-refractivity contribution in [3.63, 3.8) is 0 Å². The van der Waals surface area contributed by atoms with Gasteiger partial charge in [0.2, 0.25) is 5.91 Å². The van der Waals surface area contributed by atoms with Crippen LogP contribution in [0.2, 0.25) is 0 Å². The highest BCUT2D eigenvalue weighted by Crippen LogP contribution is 2.25. The van der Waals surface area contributed by atoms with Crippen molar-refractivity contribution in [2.24, 2.45) is 5.92 Å². The molecule has 0 N–H and O–H groups in total.